The molecule has 0 aromatic heterocycles. The van der Waals surface area contributed by atoms with Crippen LogP contribution in [-0.4, -0.2) is 22.9 Å². The maximum Gasteiger partial charge on any atom is 0.223 e. The van der Waals surface area contributed by atoms with Crippen LogP contribution >= 0.6 is 0 Å². The summed E-state index contributed by atoms with van der Waals surface area (Å²) in [5, 5.41) is 0. The van der Waals surface area contributed by atoms with Crippen molar-refractivity contribution in [3.8, 4) is 0 Å². The molecule has 0 saturated carbocycles. The molecule has 0 aliphatic heterocycles. The highest BCUT2D eigenvalue weighted by Gasteiger charge is 2.20. The van der Waals surface area contributed by atoms with Gasteiger partial charge in [-0.15, -0.1) is 0 Å². The second-order valence-electron chi connectivity index (χ2n) is 3.90. The van der Waals surface area contributed by atoms with E-state index in [9.17, 15) is 4.79 Å². The molecule has 0 bridgehead atoms. The van der Waals surface area contributed by atoms with E-state index in [1.165, 1.54) is 0 Å². The number of amides is 1. The maximum atomic E-state index is 11.7. The highest BCUT2D eigenvalue weighted by Crippen LogP contribution is 2.11. The lowest BCUT2D eigenvalue weighted by Crippen LogP contribution is -2.43. The molecule has 0 aromatic rings. The van der Waals surface area contributed by atoms with E-state index in [1.54, 1.807) is 0 Å². The number of hydrogen-bond donors (Lipinski definition) is 0. The number of nitrogens with zero attached hydrogens (tertiary/aromatic N) is 1. The van der Waals surface area contributed by atoms with Gasteiger partial charge in [0.15, 0.2) is 0 Å². The lowest BCUT2D eigenvalue weighted by molar-refractivity contribution is -0.135. The normalized spacial score (nSPS) is 13.1. The molecular formula is C11H23NO. The zero-order chi connectivity index (χ0) is 10.4. The molecule has 0 saturated heterocycles. The molecule has 0 radical (unpaired) electrons. The second-order valence-corrected chi connectivity index (χ2v) is 3.90. The molecule has 0 rings (SSSR count). The van der Waals surface area contributed by atoms with Crippen LogP contribution in [0.1, 0.15) is 53.9 Å². The third-order valence-electron chi connectivity index (χ3n) is 2.37. The monoisotopic (exact) mass is 185 g/mol. The minimum absolute atomic E-state index is 0.298. The average Bonchev–Trinajstić information content (AvgIpc) is 2.04. The summed E-state index contributed by atoms with van der Waals surface area (Å²) < 4.78 is 0. The molecule has 0 fully saturated rings. The van der Waals surface area contributed by atoms with Gasteiger partial charge in [-0.3, -0.25) is 4.79 Å². The van der Waals surface area contributed by atoms with Gasteiger partial charge in [0.2, 0.25) is 5.91 Å². The van der Waals surface area contributed by atoms with Gasteiger partial charge in [-0.2, -0.15) is 0 Å². The van der Waals surface area contributed by atoms with Crippen LogP contribution in [0, 0.1) is 0 Å². The number of rotatable bonds is 5. The smallest absolute Gasteiger partial charge is 0.223 e. The van der Waals surface area contributed by atoms with Gasteiger partial charge < -0.3 is 4.90 Å². The first-order valence-electron chi connectivity index (χ1n) is 5.35. The summed E-state index contributed by atoms with van der Waals surface area (Å²) in [6.45, 7) is 10.5. The van der Waals surface area contributed by atoms with Crippen LogP contribution in [-0.2, 0) is 4.79 Å². The van der Waals surface area contributed by atoms with Gasteiger partial charge in [-0.1, -0.05) is 13.8 Å². The van der Waals surface area contributed by atoms with Crippen LogP contribution in [0.15, 0.2) is 0 Å². The number of carbonyl (C=O) groups excluding carboxylic acids is 1. The van der Waals surface area contributed by atoms with Crippen LogP contribution in [0.3, 0.4) is 0 Å². The largest absolute Gasteiger partial charge is 0.338 e. The van der Waals surface area contributed by atoms with Crippen LogP contribution in [0.5, 0.6) is 0 Å². The van der Waals surface area contributed by atoms with Crippen molar-refractivity contribution in [1.29, 1.82) is 0 Å². The molecule has 78 valence electrons. The molecule has 0 aromatic carbocycles. The minimum atomic E-state index is 0.298. The Morgan fingerprint density at radius 3 is 2.08 bits per heavy atom. The predicted octanol–water partition coefficient (Wildman–Crippen LogP) is 2.82. The lowest BCUT2D eigenvalue weighted by Gasteiger charge is -2.32. The molecule has 2 nitrogen and oxygen atoms in total. The first-order chi connectivity index (χ1) is 6.04. The molecule has 13 heavy (non-hydrogen) atoms. The Balaban J connectivity index is 4.32. The molecule has 1 amide bonds. The Morgan fingerprint density at radius 1 is 1.23 bits per heavy atom. The van der Waals surface area contributed by atoms with E-state index in [2.05, 4.69) is 27.7 Å². The zero-order valence-electron chi connectivity index (χ0n) is 9.63. The standard InChI is InChI=1S/C11H23NO/c1-6-8-11(13)12(9(3)4)10(5)7-2/h9-10H,6-8H2,1-5H3. The van der Waals surface area contributed by atoms with Gasteiger partial charge in [0.05, 0.1) is 0 Å². The Hall–Kier alpha value is -0.530. The van der Waals surface area contributed by atoms with E-state index >= 15 is 0 Å². The summed E-state index contributed by atoms with van der Waals surface area (Å²) in [7, 11) is 0. The van der Waals surface area contributed by atoms with E-state index in [0.29, 0.717) is 24.4 Å². The quantitative estimate of drug-likeness (QED) is 0.645. The van der Waals surface area contributed by atoms with Crippen molar-refractivity contribution in [3.63, 3.8) is 0 Å². The minimum Gasteiger partial charge on any atom is -0.338 e. The van der Waals surface area contributed by atoms with Crippen LogP contribution in [0.2, 0.25) is 0 Å². The molecule has 0 spiro atoms. The van der Waals surface area contributed by atoms with Gasteiger partial charge in [0, 0.05) is 18.5 Å². The summed E-state index contributed by atoms with van der Waals surface area (Å²) >= 11 is 0. The van der Waals surface area contributed by atoms with Crippen molar-refractivity contribution < 1.29 is 4.79 Å². The van der Waals surface area contributed by atoms with Crippen LogP contribution < -0.4 is 0 Å². The maximum absolute atomic E-state index is 11.7. The van der Waals surface area contributed by atoms with E-state index in [1.807, 2.05) is 11.8 Å². The lowest BCUT2D eigenvalue weighted by atomic mass is 10.1. The third-order valence-corrected chi connectivity index (χ3v) is 2.37. The highest BCUT2D eigenvalue weighted by molar-refractivity contribution is 5.76. The fourth-order valence-corrected chi connectivity index (χ4v) is 1.58. The number of carbonyl (C=O) groups is 1. The summed E-state index contributed by atoms with van der Waals surface area (Å²) in [6.07, 6.45) is 2.66. The molecule has 1 unspecified atom stereocenters. The summed E-state index contributed by atoms with van der Waals surface area (Å²) in [5.41, 5.74) is 0. The molecule has 1 atom stereocenters. The van der Waals surface area contributed by atoms with Crippen molar-refractivity contribution in [2.45, 2.75) is 66.0 Å². The fraction of sp³-hybridized carbons (Fsp3) is 0.909. The number of hydrogen-bond acceptors (Lipinski definition) is 1. The third kappa shape index (κ3) is 3.79. The SMILES string of the molecule is CCCC(=O)N(C(C)C)C(C)CC. The van der Waals surface area contributed by atoms with Crippen LogP contribution in [0.25, 0.3) is 0 Å². The van der Waals surface area contributed by atoms with Gasteiger partial charge in [-0.05, 0) is 33.6 Å². The van der Waals surface area contributed by atoms with Crippen molar-refractivity contribution in [1.82, 2.24) is 4.90 Å². The molecule has 2 heteroatoms. The average molecular weight is 185 g/mol. The first kappa shape index (κ1) is 12.5. The van der Waals surface area contributed by atoms with Crippen molar-refractivity contribution in [2.75, 3.05) is 0 Å². The topological polar surface area (TPSA) is 20.3 Å². The van der Waals surface area contributed by atoms with Gasteiger partial charge in [-0.25, -0.2) is 0 Å². The summed E-state index contributed by atoms with van der Waals surface area (Å²) in [6, 6.07) is 0.702. The Bertz CT molecular complexity index is 154. The molecule has 0 heterocycles. The first-order valence-corrected chi connectivity index (χ1v) is 5.35. The van der Waals surface area contributed by atoms with Crippen molar-refractivity contribution in [3.05, 3.63) is 0 Å². The summed E-state index contributed by atoms with van der Waals surface area (Å²) in [4.78, 5) is 13.7. The fourth-order valence-electron chi connectivity index (χ4n) is 1.58. The van der Waals surface area contributed by atoms with Crippen LogP contribution in [0.4, 0.5) is 0 Å². The molecule has 0 aliphatic rings. The van der Waals surface area contributed by atoms with Crippen molar-refractivity contribution in [2.24, 2.45) is 0 Å². The van der Waals surface area contributed by atoms with Gasteiger partial charge in [0.1, 0.15) is 0 Å². The van der Waals surface area contributed by atoms with Gasteiger partial charge >= 0.3 is 0 Å². The Labute approximate surface area is 82.3 Å². The zero-order valence-corrected chi connectivity index (χ0v) is 9.63. The second kappa shape index (κ2) is 6.01. The predicted molar refractivity (Wildman–Crippen MR) is 56.6 cm³/mol. The Kier molecular flexibility index (Phi) is 5.76. The van der Waals surface area contributed by atoms with Crippen molar-refractivity contribution >= 4 is 5.91 Å². The van der Waals surface area contributed by atoms with E-state index < -0.39 is 0 Å². The van der Waals surface area contributed by atoms with E-state index in [0.717, 1.165) is 12.8 Å². The van der Waals surface area contributed by atoms with Gasteiger partial charge in [0.25, 0.3) is 0 Å². The van der Waals surface area contributed by atoms with E-state index in [4.69, 9.17) is 0 Å². The summed E-state index contributed by atoms with van der Waals surface area (Å²) in [5.74, 6) is 0.298. The highest BCUT2D eigenvalue weighted by atomic mass is 16.2. The Morgan fingerprint density at radius 2 is 1.77 bits per heavy atom. The molecule has 0 N–H and O–H groups in total. The molecular weight excluding hydrogens is 162 g/mol. The van der Waals surface area contributed by atoms with E-state index in [-0.39, 0.29) is 0 Å². The molecule has 0 aliphatic carbocycles.